The van der Waals surface area contributed by atoms with Crippen molar-refractivity contribution in [1.29, 1.82) is 0 Å². The summed E-state index contributed by atoms with van der Waals surface area (Å²) in [5.74, 6) is -0.478. The maximum atomic E-state index is 13.5. The van der Waals surface area contributed by atoms with E-state index in [9.17, 15) is 9.59 Å². The molecule has 0 radical (unpaired) electrons. The highest BCUT2D eigenvalue weighted by Gasteiger charge is 2.39. The minimum Gasteiger partial charge on any atom is -0.379 e. The van der Waals surface area contributed by atoms with Gasteiger partial charge in [-0.3, -0.25) is 19.4 Å². The van der Waals surface area contributed by atoms with E-state index < -0.39 is 0 Å². The van der Waals surface area contributed by atoms with Gasteiger partial charge in [-0.2, -0.15) is 0 Å². The number of carbonyl (C=O) groups excluding carboxylic acids is 2. The van der Waals surface area contributed by atoms with Gasteiger partial charge in [-0.25, -0.2) is 0 Å². The molecule has 2 amide bonds. The predicted molar refractivity (Wildman–Crippen MR) is 131 cm³/mol. The third-order valence-electron chi connectivity index (χ3n) is 6.58. The number of aryl methyl sites for hydroxylation is 4. The van der Waals surface area contributed by atoms with Gasteiger partial charge in [0.05, 0.1) is 18.8 Å². The van der Waals surface area contributed by atoms with E-state index in [-0.39, 0.29) is 11.8 Å². The van der Waals surface area contributed by atoms with Crippen molar-refractivity contribution in [2.45, 2.75) is 34.1 Å². The van der Waals surface area contributed by atoms with Crippen LogP contribution in [0.2, 0.25) is 0 Å². The second-order valence-electron chi connectivity index (χ2n) is 9.06. The molecule has 0 aliphatic carbocycles. The van der Waals surface area contributed by atoms with Crippen LogP contribution in [0, 0.1) is 27.7 Å². The molecule has 1 fully saturated rings. The van der Waals surface area contributed by atoms with Crippen molar-refractivity contribution in [2.24, 2.45) is 0 Å². The lowest BCUT2D eigenvalue weighted by Gasteiger charge is -2.27. The lowest BCUT2D eigenvalue weighted by atomic mass is 9.99. The van der Waals surface area contributed by atoms with Gasteiger partial charge >= 0.3 is 0 Å². The first-order valence-corrected chi connectivity index (χ1v) is 11.7. The van der Waals surface area contributed by atoms with Gasteiger partial charge in [0.15, 0.2) is 0 Å². The zero-order chi connectivity index (χ0) is 23.5. The number of ether oxygens (including phenoxy) is 1. The molecule has 2 aromatic carbocycles. The first-order valence-electron chi connectivity index (χ1n) is 11.7. The Balaban J connectivity index is 1.62. The molecule has 6 heteroatoms. The van der Waals surface area contributed by atoms with Gasteiger partial charge in [0.25, 0.3) is 11.8 Å². The molecule has 6 nitrogen and oxygen atoms in total. The Morgan fingerprint density at radius 2 is 1.58 bits per heavy atom. The van der Waals surface area contributed by atoms with E-state index in [4.69, 9.17) is 4.74 Å². The summed E-state index contributed by atoms with van der Waals surface area (Å²) >= 11 is 0. The quantitative estimate of drug-likeness (QED) is 0.654. The van der Waals surface area contributed by atoms with Gasteiger partial charge in [0.2, 0.25) is 0 Å². The fourth-order valence-electron chi connectivity index (χ4n) is 4.34. The van der Waals surface area contributed by atoms with Gasteiger partial charge in [-0.1, -0.05) is 30.3 Å². The molecular weight excluding hydrogens is 414 g/mol. The van der Waals surface area contributed by atoms with Crippen molar-refractivity contribution < 1.29 is 14.3 Å². The number of morpholine rings is 1. The molecule has 174 valence electrons. The van der Waals surface area contributed by atoms with Crippen molar-refractivity contribution in [3.63, 3.8) is 0 Å². The average Bonchev–Trinajstić information content (AvgIpc) is 3.03. The van der Waals surface area contributed by atoms with Crippen LogP contribution in [0.25, 0.3) is 5.57 Å². The zero-order valence-corrected chi connectivity index (χ0v) is 20.0. The van der Waals surface area contributed by atoms with E-state index in [0.717, 1.165) is 72.8 Å². The monoisotopic (exact) mass is 447 g/mol. The van der Waals surface area contributed by atoms with E-state index in [2.05, 4.69) is 10.2 Å². The van der Waals surface area contributed by atoms with Crippen LogP contribution in [0.1, 0.15) is 34.2 Å². The number of nitrogens with zero attached hydrogens (tertiary/aromatic N) is 2. The number of hydrogen-bond donors (Lipinski definition) is 1. The molecule has 33 heavy (non-hydrogen) atoms. The Morgan fingerprint density at radius 3 is 2.30 bits per heavy atom. The number of rotatable bonds is 7. The van der Waals surface area contributed by atoms with Crippen molar-refractivity contribution in [3.05, 3.63) is 69.9 Å². The second-order valence-corrected chi connectivity index (χ2v) is 9.06. The van der Waals surface area contributed by atoms with E-state index >= 15 is 0 Å². The van der Waals surface area contributed by atoms with Crippen LogP contribution < -0.4 is 5.32 Å². The summed E-state index contributed by atoms with van der Waals surface area (Å²) in [7, 11) is 0. The standard InChI is InChI=1S/C27H33N3O3/c1-18-6-7-20(3)23(16-18)28-25-24(22-9-8-19(2)21(4)17-22)26(31)30(27(25)32)11-5-10-29-12-14-33-15-13-29/h6-9,16-17,28H,5,10-15H2,1-4H3. The van der Waals surface area contributed by atoms with E-state index in [0.29, 0.717) is 17.8 Å². The van der Waals surface area contributed by atoms with Crippen LogP contribution in [-0.2, 0) is 14.3 Å². The Hall–Kier alpha value is -2.96. The number of anilines is 1. The molecule has 1 N–H and O–H groups in total. The second kappa shape index (κ2) is 9.89. The van der Waals surface area contributed by atoms with Crippen molar-refractivity contribution >= 4 is 23.1 Å². The number of carbonyl (C=O) groups is 2. The molecule has 4 rings (SSSR count). The Kier molecular flexibility index (Phi) is 6.96. The lowest BCUT2D eigenvalue weighted by Crippen LogP contribution is -2.39. The van der Waals surface area contributed by atoms with Crippen LogP contribution in [0.4, 0.5) is 5.69 Å². The summed E-state index contributed by atoms with van der Waals surface area (Å²) in [6.07, 6.45) is 0.744. The first kappa shape index (κ1) is 23.2. The fraction of sp³-hybridized carbons (Fsp3) is 0.407. The fourth-order valence-corrected chi connectivity index (χ4v) is 4.34. The summed E-state index contributed by atoms with van der Waals surface area (Å²) in [6, 6.07) is 12.0. The average molecular weight is 448 g/mol. The largest absolute Gasteiger partial charge is 0.379 e. The molecule has 2 aliphatic heterocycles. The molecule has 2 aliphatic rings. The van der Waals surface area contributed by atoms with E-state index in [1.165, 1.54) is 4.90 Å². The van der Waals surface area contributed by atoms with Crippen LogP contribution >= 0.6 is 0 Å². The van der Waals surface area contributed by atoms with Crippen molar-refractivity contribution in [1.82, 2.24) is 9.80 Å². The van der Waals surface area contributed by atoms with Gasteiger partial charge in [-0.05, 0) is 68.0 Å². The molecule has 0 saturated carbocycles. The third-order valence-corrected chi connectivity index (χ3v) is 6.58. The highest BCUT2D eigenvalue weighted by atomic mass is 16.5. The Bertz CT molecular complexity index is 1100. The van der Waals surface area contributed by atoms with Crippen LogP contribution in [0.3, 0.4) is 0 Å². The SMILES string of the molecule is Cc1ccc(C)c(NC2=C(c3ccc(C)c(C)c3)C(=O)N(CCCN3CCOCC3)C2=O)c1. The molecule has 1 saturated heterocycles. The third kappa shape index (κ3) is 5.02. The molecule has 0 bridgehead atoms. The minimum atomic E-state index is -0.254. The van der Waals surface area contributed by atoms with Gasteiger partial charge in [0.1, 0.15) is 5.70 Å². The summed E-state index contributed by atoms with van der Waals surface area (Å²) in [5, 5.41) is 3.32. The molecule has 0 aromatic heterocycles. The van der Waals surface area contributed by atoms with Crippen LogP contribution in [0.5, 0.6) is 0 Å². The molecular formula is C27H33N3O3. The van der Waals surface area contributed by atoms with Crippen molar-refractivity contribution in [2.75, 3.05) is 44.7 Å². The highest BCUT2D eigenvalue weighted by molar-refractivity contribution is 6.36. The Labute approximate surface area is 196 Å². The number of nitrogens with one attached hydrogen (secondary N) is 1. The minimum absolute atomic E-state index is 0.224. The smallest absolute Gasteiger partial charge is 0.278 e. The molecule has 0 atom stereocenters. The number of imide groups is 1. The lowest BCUT2D eigenvalue weighted by molar-refractivity contribution is -0.136. The zero-order valence-electron chi connectivity index (χ0n) is 20.0. The normalized spacial score (nSPS) is 17.3. The predicted octanol–water partition coefficient (Wildman–Crippen LogP) is 3.83. The molecule has 2 aromatic rings. The maximum Gasteiger partial charge on any atom is 0.278 e. The number of benzene rings is 2. The van der Waals surface area contributed by atoms with Gasteiger partial charge in [0, 0.05) is 31.9 Å². The van der Waals surface area contributed by atoms with Crippen LogP contribution in [0.15, 0.2) is 42.1 Å². The molecule has 0 spiro atoms. The van der Waals surface area contributed by atoms with E-state index in [1.54, 1.807) is 0 Å². The maximum absolute atomic E-state index is 13.5. The van der Waals surface area contributed by atoms with Gasteiger partial charge < -0.3 is 10.1 Å². The summed E-state index contributed by atoms with van der Waals surface area (Å²) in [4.78, 5) is 30.7. The summed E-state index contributed by atoms with van der Waals surface area (Å²) < 4.78 is 5.41. The van der Waals surface area contributed by atoms with E-state index in [1.807, 2.05) is 64.1 Å². The van der Waals surface area contributed by atoms with Crippen LogP contribution in [-0.4, -0.2) is 61.0 Å². The molecule has 2 heterocycles. The Morgan fingerprint density at radius 1 is 0.848 bits per heavy atom. The topological polar surface area (TPSA) is 61.9 Å². The summed E-state index contributed by atoms with van der Waals surface area (Å²) in [6.45, 7) is 12.6. The first-order chi connectivity index (χ1) is 15.8. The van der Waals surface area contributed by atoms with Gasteiger partial charge in [-0.15, -0.1) is 0 Å². The number of hydrogen-bond acceptors (Lipinski definition) is 5. The molecule has 0 unspecified atom stereocenters. The van der Waals surface area contributed by atoms with Crippen molar-refractivity contribution in [3.8, 4) is 0 Å². The number of amides is 2. The summed E-state index contributed by atoms with van der Waals surface area (Å²) in [5.41, 5.74) is 6.81. The highest BCUT2D eigenvalue weighted by Crippen LogP contribution is 2.32.